The zero-order valence-electron chi connectivity index (χ0n) is 14.2. The molecule has 0 saturated carbocycles. The maximum Gasteiger partial charge on any atom is 0.323 e. The highest BCUT2D eigenvalue weighted by molar-refractivity contribution is 6.44. The molecular weight excluding hydrogens is 405 g/mol. The number of hydrogen-bond acceptors (Lipinski definition) is 4. The first-order valence-corrected chi connectivity index (χ1v) is 8.73. The van der Waals surface area contributed by atoms with Crippen molar-refractivity contribution >= 4 is 46.3 Å². The van der Waals surface area contributed by atoms with E-state index in [4.69, 9.17) is 27.9 Å². The fourth-order valence-electron chi connectivity index (χ4n) is 2.30. The molecule has 7 nitrogen and oxygen atoms in total. The van der Waals surface area contributed by atoms with Gasteiger partial charge in [0.05, 0.1) is 26.3 Å². The Bertz CT molecular complexity index is 1030. The van der Waals surface area contributed by atoms with Gasteiger partial charge in [0, 0.05) is 12.1 Å². The highest BCUT2D eigenvalue weighted by Crippen LogP contribution is 2.32. The van der Waals surface area contributed by atoms with E-state index in [1.54, 1.807) is 42.5 Å². The van der Waals surface area contributed by atoms with E-state index in [-0.39, 0.29) is 10.7 Å². The Kier molecular flexibility index (Phi) is 5.98. The number of nitro groups is 1. The van der Waals surface area contributed by atoms with Gasteiger partial charge in [-0.2, -0.15) is 0 Å². The van der Waals surface area contributed by atoms with Crippen LogP contribution in [0.3, 0.4) is 0 Å². The van der Waals surface area contributed by atoms with E-state index in [0.29, 0.717) is 27.9 Å². The zero-order valence-corrected chi connectivity index (χ0v) is 15.7. The van der Waals surface area contributed by atoms with Crippen LogP contribution in [0.15, 0.2) is 66.7 Å². The monoisotopic (exact) mass is 417 g/mol. The van der Waals surface area contributed by atoms with Crippen LogP contribution >= 0.6 is 23.2 Å². The largest absolute Gasteiger partial charge is 0.455 e. The highest BCUT2D eigenvalue weighted by atomic mass is 35.5. The topological polar surface area (TPSA) is 93.5 Å². The zero-order chi connectivity index (χ0) is 20.1. The summed E-state index contributed by atoms with van der Waals surface area (Å²) >= 11 is 12.0. The summed E-state index contributed by atoms with van der Waals surface area (Å²) in [7, 11) is 0. The number of ether oxygens (including phenoxy) is 1. The molecule has 3 aromatic carbocycles. The predicted molar refractivity (Wildman–Crippen MR) is 109 cm³/mol. The lowest BCUT2D eigenvalue weighted by molar-refractivity contribution is -0.384. The number of carbonyl (C=O) groups excluding carboxylic acids is 1. The molecular formula is C19H13Cl2N3O4. The average Bonchev–Trinajstić information content (AvgIpc) is 2.67. The third-order valence-corrected chi connectivity index (χ3v) is 4.43. The Morgan fingerprint density at radius 1 is 0.893 bits per heavy atom. The second kappa shape index (κ2) is 8.60. The van der Waals surface area contributed by atoms with E-state index in [9.17, 15) is 14.9 Å². The molecule has 0 saturated heterocycles. The first-order valence-electron chi connectivity index (χ1n) is 7.97. The molecule has 0 bridgehead atoms. The Morgan fingerprint density at radius 2 is 1.54 bits per heavy atom. The molecule has 2 amide bonds. The van der Waals surface area contributed by atoms with Crippen LogP contribution in [0, 0.1) is 10.1 Å². The van der Waals surface area contributed by atoms with Crippen molar-refractivity contribution in [3.63, 3.8) is 0 Å². The number of amides is 2. The summed E-state index contributed by atoms with van der Waals surface area (Å²) in [6.07, 6.45) is 0. The molecule has 0 aliphatic carbocycles. The van der Waals surface area contributed by atoms with Crippen LogP contribution < -0.4 is 15.4 Å². The Morgan fingerprint density at radius 3 is 2.25 bits per heavy atom. The SMILES string of the molecule is O=C(Nc1ccccc1Oc1ccc([N+](=O)[O-])cc1)Nc1cccc(Cl)c1Cl. The van der Waals surface area contributed by atoms with E-state index < -0.39 is 11.0 Å². The van der Waals surface area contributed by atoms with Gasteiger partial charge < -0.3 is 15.4 Å². The van der Waals surface area contributed by atoms with Crippen molar-refractivity contribution in [2.24, 2.45) is 0 Å². The maximum absolute atomic E-state index is 12.3. The average molecular weight is 418 g/mol. The number of nitro benzene ring substituents is 1. The second-order valence-corrected chi connectivity index (χ2v) is 6.31. The standard InChI is InChI=1S/C19H13Cl2N3O4/c20-14-4-3-6-16(18(14)21)23-19(25)22-15-5-1-2-7-17(15)28-13-10-8-12(9-11-13)24(26)27/h1-11H,(H2,22,23,25). The third kappa shape index (κ3) is 4.70. The first kappa shape index (κ1) is 19.5. The van der Waals surface area contributed by atoms with Gasteiger partial charge in [0.25, 0.3) is 5.69 Å². The summed E-state index contributed by atoms with van der Waals surface area (Å²) in [6, 6.07) is 16.7. The van der Waals surface area contributed by atoms with Crippen molar-refractivity contribution in [1.29, 1.82) is 0 Å². The quantitative estimate of drug-likeness (QED) is 0.374. The molecule has 142 valence electrons. The molecule has 0 heterocycles. The highest BCUT2D eigenvalue weighted by Gasteiger charge is 2.12. The molecule has 0 aliphatic heterocycles. The fraction of sp³-hybridized carbons (Fsp3) is 0. The summed E-state index contributed by atoms with van der Waals surface area (Å²) in [5.74, 6) is 0.752. The van der Waals surface area contributed by atoms with Gasteiger partial charge in [-0.3, -0.25) is 10.1 Å². The lowest BCUT2D eigenvalue weighted by Crippen LogP contribution is -2.20. The lowest BCUT2D eigenvalue weighted by atomic mass is 10.2. The summed E-state index contributed by atoms with van der Waals surface area (Å²) < 4.78 is 5.73. The molecule has 0 atom stereocenters. The Labute approximate surface area is 170 Å². The summed E-state index contributed by atoms with van der Waals surface area (Å²) in [5.41, 5.74) is 0.716. The van der Waals surface area contributed by atoms with E-state index in [2.05, 4.69) is 10.6 Å². The van der Waals surface area contributed by atoms with Crippen molar-refractivity contribution < 1.29 is 14.5 Å². The van der Waals surface area contributed by atoms with Crippen molar-refractivity contribution in [3.05, 3.63) is 86.9 Å². The minimum Gasteiger partial charge on any atom is -0.455 e. The minimum absolute atomic E-state index is 0.0449. The van der Waals surface area contributed by atoms with Crippen molar-refractivity contribution in [3.8, 4) is 11.5 Å². The number of non-ortho nitro benzene ring substituents is 1. The molecule has 3 rings (SSSR count). The fourth-order valence-corrected chi connectivity index (χ4v) is 2.65. The van der Waals surface area contributed by atoms with Crippen LogP contribution in [0.25, 0.3) is 0 Å². The number of urea groups is 1. The number of rotatable bonds is 5. The van der Waals surface area contributed by atoms with Crippen molar-refractivity contribution in [1.82, 2.24) is 0 Å². The van der Waals surface area contributed by atoms with Crippen LogP contribution in [0.4, 0.5) is 21.9 Å². The van der Waals surface area contributed by atoms with E-state index >= 15 is 0 Å². The van der Waals surface area contributed by atoms with Crippen LogP contribution in [0.5, 0.6) is 11.5 Å². The van der Waals surface area contributed by atoms with Crippen LogP contribution in [-0.4, -0.2) is 11.0 Å². The van der Waals surface area contributed by atoms with Crippen LogP contribution in [0.2, 0.25) is 10.0 Å². The molecule has 0 aromatic heterocycles. The number of nitrogens with zero attached hydrogens (tertiary/aromatic N) is 1. The third-order valence-electron chi connectivity index (χ3n) is 3.61. The maximum atomic E-state index is 12.3. The molecule has 28 heavy (non-hydrogen) atoms. The molecule has 3 aromatic rings. The van der Waals surface area contributed by atoms with Gasteiger partial charge in [-0.15, -0.1) is 0 Å². The van der Waals surface area contributed by atoms with Gasteiger partial charge in [0.1, 0.15) is 5.75 Å². The van der Waals surface area contributed by atoms with Crippen LogP contribution in [-0.2, 0) is 0 Å². The van der Waals surface area contributed by atoms with E-state index in [1.807, 2.05) is 0 Å². The summed E-state index contributed by atoms with van der Waals surface area (Å²) in [5, 5.41) is 16.6. The van der Waals surface area contributed by atoms with E-state index in [0.717, 1.165) is 0 Å². The second-order valence-electron chi connectivity index (χ2n) is 5.53. The van der Waals surface area contributed by atoms with Gasteiger partial charge in [0.15, 0.2) is 5.75 Å². The lowest BCUT2D eigenvalue weighted by Gasteiger charge is -2.13. The number of anilines is 2. The number of halogens is 2. The van der Waals surface area contributed by atoms with Crippen molar-refractivity contribution in [2.45, 2.75) is 0 Å². The van der Waals surface area contributed by atoms with Gasteiger partial charge in [-0.25, -0.2) is 4.79 Å². The molecule has 9 heteroatoms. The Hall–Kier alpha value is -3.29. The molecule has 0 spiro atoms. The normalized spacial score (nSPS) is 10.2. The number of para-hydroxylation sites is 2. The summed E-state index contributed by atoms with van der Waals surface area (Å²) in [4.78, 5) is 22.6. The smallest absolute Gasteiger partial charge is 0.323 e. The molecule has 0 unspecified atom stereocenters. The molecule has 0 radical (unpaired) electrons. The van der Waals surface area contributed by atoms with Crippen LogP contribution in [0.1, 0.15) is 0 Å². The van der Waals surface area contributed by atoms with Gasteiger partial charge >= 0.3 is 6.03 Å². The predicted octanol–water partition coefficient (Wildman–Crippen LogP) is 6.34. The number of benzene rings is 3. The van der Waals surface area contributed by atoms with Gasteiger partial charge in [0.2, 0.25) is 0 Å². The van der Waals surface area contributed by atoms with Gasteiger partial charge in [-0.05, 0) is 36.4 Å². The van der Waals surface area contributed by atoms with Gasteiger partial charge in [-0.1, -0.05) is 41.4 Å². The van der Waals surface area contributed by atoms with Crippen molar-refractivity contribution in [2.75, 3.05) is 10.6 Å². The number of nitrogens with one attached hydrogen (secondary N) is 2. The molecule has 0 aliphatic rings. The van der Waals surface area contributed by atoms with E-state index in [1.165, 1.54) is 24.3 Å². The number of hydrogen-bond donors (Lipinski definition) is 2. The molecule has 0 fully saturated rings. The Balaban J connectivity index is 1.73. The first-order chi connectivity index (χ1) is 13.4. The molecule has 2 N–H and O–H groups in total. The summed E-state index contributed by atoms with van der Waals surface area (Å²) in [6.45, 7) is 0. The number of carbonyl (C=O) groups is 1. The minimum atomic E-state index is -0.538.